The van der Waals surface area contributed by atoms with Crippen LogP contribution in [-0.4, -0.2) is 67.4 Å². The van der Waals surface area contributed by atoms with Crippen LogP contribution in [0, 0.1) is 0 Å². The highest BCUT2D eigenvalue weighted by Gasteiger charge is 2.40. The highest BCUT2D eigenvalue weighted by molar-refractivity contribution is 5.78. The first-order chi connectivity index (χ1) is 8.52. The van der Waals surface area contributed by atoms with Crippen LogP contribution in [0.15, 0.2) is 0 Å². The van der Waals surface area contributed by atoms with Gasteiger partial charge in [0.2, 0.25) is 5.91 Å². The van der Waals surface area contributed by atoms with Gasteiger partial charge in [-0.15, -0.1) is 0 Å². The summed E-state index contributed by atoms with van der Waals surface area (Å²) in [5.41, 5.74) is 0. The Balaban J connectivity index is 1.78. The average molecular weight is 256 g/mol. The molecular formula is C13H24N2O3. The lowest BCUT2D eigenvalue weighted by Gasteiger charge is -2.37. The molecule has 0 bridgehead atoms. The molecular weight excluding hydrogens is 232 g/mol. The number of carbonyl (C=O) groups is 1. The van der Waals surface area contributed by atoms with E-state index in [4.69, 9.17) is 9.47 Å². The highest BCUT2D eigenvalue weighted by Crippen LogP contribution is 2.31. The van der Waals surface area contributed by atoms with E-state index in [2.05, 4.69) is 4.90 Å². The van der Waals surface area contributed by atoms with Crippen LogP contribution in [0.3, 0.4) is 0 Å². The molecule has 104 valence electrons. The van der Waals surface area contributed by atoms with E-state index >= 15 is 0 Å². The van der Waals surface area contributed by atoms with Crippen molar-refractivity contribution in [2.45, 2.75) is 38.5 Å². The topological polar surface area (TPSA) is 42.0 Å². The molecule has 0 aliphatic carbocycles. The van der Waals surface area contributed by atoms with Crippen LogP contribution in [0.2, 0.25) is 0 Å². The molecule has 18 heavy (non-hydrogen) atoms. The summed E-state index contributed by atoms with van der Waals surface area (Å²) in [7, 11) is 1.86. The molecule has 0 radical (unpaired) electrons. The second-order valence-corrected chi connectivity index (χ2v) is 5.48. The van der Waals surface area contributed by atoms with Gasteiger partial charge in [0.25, 0.3) is 0 Å². The van der Waals surface area contributed by atoms with E-state index in [0.29, 0.717) is 19.8 Å². The summed E-state index contributed by atoms with van der Waals surface area (Å²) in [4.78, 5) is 16.0. The number of amides is 1. The molecule has 0 atom stereocenters. The van der Waals surface area contributed by atoms with E-state index in [0.717, 1.165) is 25.9 Å². The van der Waals surface area contributed by atoms with Gasteiger partial charge in [-0.25, -0.2) is 0 Å². The van der Waals surface area contributed by atoms with E-state index in [1.165, 1.54) is 0 Å². The minimum absolute atomic E-state index is 0.189. The Kier molecular flexibility index (Phi) is 4.25. The molecule has 0 unspecified atom stereocenters. The molecule has 1 amide bonds. The monoisotopic (exact) mass is 256 g/mol. The molecule has 2 fully saturated rings. The van der Waals surface area contributed by atoms with Crippen molar-refractivity contribution in [3.05, 3.63) is 0 Å². The zero-order valence-corrected chi connectivity index (χ0v) is 11.6. The predicted molar refractivity (Wildman–Crippen MR) is 68.2 cm³/mol. The molecule has 2 aliphatic heterocycles. The zero-order valence-electron chi connectivity index (χ0n) is 11.6. The minimum Gasteiger partial charge on any atom is -0.347 e. The first kappa shape index (κ1) is 13.8. The van der Waals surface area contributed by atoms with Crippen molar-refractivity contribution in [3.8, 4) is 0 Å². The van der Waals surface area contributed by atoms with Crippen LogP contribution in [0.5, 0.6) is 0 Å². The first-order valence-electron chi connectivity index (χ1n) is 6.78. The zero-order chi connectivity index (χ0) is 13.2. The molecule has 0 N–H and O–H groups in total. The average Bonchev–Trinajstić information content (AvgIpc) is 2.80. The van der Waals surface area contributed by atoms with Gasteiger partial charge in [-0.2, -0.15) is 0 Å². The number of likely N-dealkylation sites (N-methyl/N-ethyl adjacent to an activating group) is 1. The number of hydrogen-bond donors (Lipinski definition) is 0. The normalized spacial score (nSPS) is 23.8. The van der Waals surface area contributed by atoms with E-state index in [-0.39, 0.29) is 17.7 Å². The standard InChI is InChI=1S/C13H24N2O3/c1-11(2)14(3)12(16)10-15-6-4-13(5-7-15)17-8-9-18-13/h11H,4-10H2,1-3H3. The summed E-state index contributed by atoms with van der Waals surface area (Å²) in [6.07, 6.45) is 1.73. The quantitative estimate of drug-likeness (QED) is 0.745. The number of carbonyl (C=O) groups excluding carboxylic acids is 1. The van der Waals surface area contributed by atoms with Crippen LogP contribution >= 0.6 is 0 Å². The predicted octanol–water partition coefficient (Wildman–Crippen LogP) is 0.692. The maximum atomic E-state index is 12.0. The van der Waals surface area contributed by atoms with Crippen LogP contribution in [-0.2, 0) is 14.3 Å². The molecule has 2 saturated heterocycles. The SMILES string of the molecule is CC(C)N(C)C(=O)CN1CCC2(CC1)OCCO2. The number of piperidine rings is 1. The molecule has 0 aromatic rings. The number of rotatable bonds is 3. The Morgan fingerprint density at radius 1 is 1.28 bits per heavy atom. The number of nitrogens with zero attached hydrogens (tertiary/aromatic N) is 2. The van der Waals surface area contributed by atoms with Gasteiger partial charge in [-0.3, -0.25) is 9.69 Å². The van der Waals surface area contributed by atoms with Crippen molar-refractivity contribution in [3.63, 3.8) is 0 Å². The summed E-state index contributed by atoms with van der Waals surface area (Å²) in [5.74, 6) is -0.155. The first-order valence-corrected chi connectivity index (χ1v) is 6.78. The van der Waals surface area contributed by atoms with Crippen LogP contribution in [0.4, 0.5) is 0 Å². The second kappa shape index (κ2) is 5.55. The maximum absolute atomic E-state index is 12.0. The molecule has 5 nitrogen and oxygen atoms in total. The maximum Gasteiger partial charge on any atom is 0.236 e. The van der Waals surface area contributed by atoms with Crippen LogP contribution < -0.4 is 0 Å². The summed E-state index contributed by atoms with van der Waals surface area (Å²) >= 11 is 0. The Labute approximate surface area is 109 Å². The summed E-state index contributed by atoms with van der Waals surface area (Å²) in [6.45, 7) is 7.72. The molecule has 2 rings (SSSR count). The van der Waals surface area contributed by atoms with Gasteiger partial charge in [-0.1, -0.05) is 0 Å². The molecule has 0 aromatic heterocycles. The fraction of sp³-hybridized carbons (Fsp3) is 0.923. The van der Waals surface area contributed by atoms with Gasteiger partial charge in [0.1, 0.15) is 0 Å². The largest absolute Gasteiger partial charge is 0.347 e. The van der Waals surface area contributed by atoms with Crippen molar-refractivity contribution in [2.24, 2.45) is 0 Å². The smallest absolute Gasteiger partial charge is 0.236 e. The third kappa shape index (κ3) is 3.02. The third-order valence-electron chi connectivity index (χ3n) is 3.96. The Morgan fingerprint density at radius 2 is 1.83 bits per heavy atom. The third-order valence-corrected chi connectivity index (χ3v) is 3.96. The van der Waals surface area contributed by atoms with Gasteiger partial charge >= 0.3 is 0 Å². The van der Waals surface area contributed by atoms with E-state index in [9.17, 15) is 4.79 Å². The van der Waals surface area contributed by atoms with E-state index in [1.54, 1.807) is 4.90 Å². The van der Waals surface area contributed by atoms with Crippen molar-refractivity contribution >= 4 is 5.91 Å². The van der Waals surface area contributed by atoms with E-state index < -0.39 is 0 Å². The summed E-state index contributed by atoms with van der Waals surface area (Å²) in [6, 6.07) is 0.259. The van der Waals surface area contributed by atoms with Crippen LogP contribution in [0.1, 0.15) is 26.7 Å². The van der Waals surface area contributed by atoms with Crippen molar-refractivity contribution in [2.75, 3.05) is 39.9 Å². The van der Waals surface area contributed by atoms with Gasteiger partial charge in [-0.05, 0) is 13.8 Å². The van der Waals surface area contributed by atoms with Crippen molar-refractivity contribution in [1.82, 2.24) is 9.80 Å². The fourth-order valence-electron chi connectivity index (χ4n) is 2.43. The number of likely N-dealkylation sites (tertiary alicyclic amines) is 1. The van der Waals surface area contributed by atoms with Gasteiger partial charge in [0.05, 0.1) is 19.8 Å². The van der Waals surface area contributed by atoms with Gasteiger partial charge < -0.3 is 14.4 Å². The molecule has 5 heteroatoms. The van der Waals surface area contributed by atoms with Gasteiger partial charge in [0.15, 0.2) is 5.79 Å². The lowest BCUT2D eigenvalue weighted by molar-refractivity contribution is -0.186. The summed E-state index contributed by atoms with van der Waals surface area (Å²) in [5, 5.41) is 0. The minimum atomic E-state index is -0.344. The highest BCUT2D eigenvalue weighted by atomic mass is 16.7. The number of ether oxygens (including phenoxy) is 2. The second-order valence-electron chi connectivity index (χ2n) is 5.48. The van der Waals surface area contributed by atoms with E-state index in [1.807, 2.05) is 20.9 Å². The molecule has 2 aliphatic rings. The lowest BCUT2D eigenvalue weighted by atomic mass is 10.0. The van der Waals surface area contributed by atoms with Gasteiger partial charge in [0, 0.05) is 39.0 Å². The molecule has 2 heterocycles. The Bertz CT molecular complexity index is 291. The molecule has 0 saturated carbocycles. The Hall–Kier alpha value is -0.650. The lowest BCUT2D eigenvalue weighted by Crippen LogP contribution is -2.49. The fourth-order valence-corrected chi connectivity index (χ4v) is 2.43. The molecule has 1 spiro atoms. The summed E-state index contributed by atoms with van der Waals surface area (Å²) < 4.78 is 11.4. The van der Waals surface area contributed by atoms with Crippen molar-refractivity contribution < 1.29 is 14.3 Å². The van der Waals surface area contributed by atoms with Crippen molar-refractivity contribution in [1.29, 1.82) is 0 Å². The molecule has 0 aromatic carbocycles. The Morgan fingerprint density at radius 3 is 2.33 bits per heavy atom. The van der Waals surface area contributed by atoms with Crippen LogP contribution in [0.25, 0.3) is 0 Å². The number of hydrogen-bond acceptors (Lipinski definition) is 4.